The molecule has 1 aromatic carbocycles. The standard InChI is InChI=1S/C19H22N4O2/c20-15-17-19(21-9-4-10-23-11-13-24-14-12-23)25-18(22-17)8-7-16-5-2-1-3-6-16/h1-3,5-8,21H,4,9-14H2/b8-7+. The largest absolute Gasteiger partial charge is 0.420 e. The van der Waals surface area contributed by atoms with Gasteiger partial charge in [0.15, 0.2) is 0 Å². The van der Waals surface area contributed by atoms with E-state index in [9.17, 15) is 5.26 Å². The molecule has 0 aliphatic carbocycles. The van der Waals surface area contributed by atoms with Crippen LogP contribution in [0.4, 0.5) is 5.88 Å². The summed E-state index contributed by atoms with van der Waals surface area (Å²) in [5.74, 6) is 0.869. The molecule has 1 aliphatic rings. The molecule has 0 spiro atoms. The van der Waals surface area contributed by atoms with Crippen LogP contribution in [0.25, 0.3) is 12.2 Å². The minimum Gasteiger partial charge on any atom is -0.420 e. The molecule has 0 saturated carbocycles. The zero-order valence-corrected chi connectivity index (χ0v) is 14.1. The third kappa shape index (κ3) is 5.18. The fourth-order valence-corrected chi connectivity index (χ4v) is 2.66. The lowest BCUT2D eigenvalue weighted by Crippen LogP contribution is -2.37. The molecule has 6 heteroatoms. The highest BCUT2D eigenvalue weighted by molar-refractivity contribution is 5.67. The van der Waals surface area contributed by atoms with Crippen molar-refractivity contribution in [3.63, 3.8) is 0 Å². The maximum absolute atomic E-state index is 9.22. The highest BCUT2D eigenvalue weighted by atomic mass is 16.5. The van der Waals surface area contributed by atoms with Gasteiger partial charge in [0.1, 0.15) is 6.07 Å². The quantitative estimate of drug-likeness (QED) is 0.783. The Kier molecular flexibility index (Phi) is 6.21. The summed E-state index contributed by atoms with van der Waals surface area (Å²) in [6.07, 6.45) is 4.66. The van der Waals surface area contributed by atoms with Crippen molar-refractivity contribution in [3.8, 4) is 6.07 Å². The molecule has 0 radical (unpaired) electrons. The molecule has 2 aromatic rings. The van der Waals surface area contributed by atoms with Gasteiger partial charge in [-0.05, 0) is 24.6 Å². The number of benzene rings is 1. The third-order valence-corrected chi connectivity index (χ3v) is 4.01. The van der Waals surface area contributed by atoms with E-state index >= 15 is 0 Å². The van der Waals surface area contributed by atoms with E-state index in [1.807, 2.05) is 36.4 Å². The molecule has 6 nitrogen and oxygen atoms in total. The van der Waals surface area contributed by atoms with Gasteiger partial charge in [-0.3, -0.25) is 4.90 Å². The first-order valence-corrected chi connectivity index (χ1v) is 8.53. The number of nitriles is 1. The summed E-state index contributed by atoms with van der Waals surface area (Å²) in [6, 6.07) is 12.0. The van der Waals surface area contributed by atoms with E-state index < -0.39 is 0 Å². The maximum atomic E-state index is 9.22. The number of oxazole rings is 1. The van der Waals surface area contributed by atoms with E-state index in [0.29, 0.717) is 17.5 Å². The average Bonchev–Trinajstić information content (AvgIpc) is 3.07. The number of hydrogen-bond donors (Lipinski definition) is 1. The maximum Gasteiger partial charge on any atom is 0.232 e. The first kappa shape index (κ1) is 17.2. The molecule has 1 aliphatic heterocycles. The number of ether oxygens (including phenoxy) is 1. The van der Waals surface area contributed by atoms with Gasteiger partial charge in [-0.25, -0.2) is 0 Å². The van der Waals surface area contributed by atoms with E-state index in [1.54, 1.807) is 6.08 Å². The number of nitrogens with one attached hydrogen (secondary N) is 1. The predicted octanol–water partition coefficient (Wildman–Crippen LogP) is 2.85. The first-order valence-electron chi connectivity index (χ1n) is 8.53. The second-order valence-electron chi connectivity index (χ2n) is 5.82. The number of rotatable bonds is 7. The lowest BCUT2D eigenvalue weighted by atomic mass is 10.2. The molecule has 25 heavy (non-hydrogen) atoms. The van der Waals surface area contributed by atoms with E-state index in [0.717, 1.165) is 51.4 Å². The second kappa shape index (κ2) is 9.02. The Balaban J connectivity index is 1.52. The van der Waals surface area contributed by atoms with E-state index in [1.165, 1.54) is 0 Å². The average molecular weight is 338 g/mol. The van der Waals surface area contributed by atoms with Gasteiger partial charge in [-0.2, -0.15) is 10.2 Å². The van der Waals surface area contributed by atoms with Crippen LogP contribution in [0.15, 0.2) is 34.7 Å². The summed E-state index contributed by atoms with van der Waals surface area (Å²) in [7, 11) is 0. The van der Waals surface area contributed by atoms with Gasteiger partial charge < -0.3 is 14.5 Å². The van der Waals surface area contributed by atoms with Crippen molar-refractivity contribution in [2.24, 2.45) is 0 Å². The number of morpholine rings is 1. The lowest BCUT2D eigenvalue weighted by Gasteiger charge is -2.26. The lowest BCUT2D eigenvalue weighted by molar-refractivity contribution is 0.0378. The molecule has 3 rings (SSSR count). The van der Waals surface area contributed by atoms with Gasteiger partial charge in [0.25, 0.3) is 0 Å². The van der Waals surface area contributed by atoms with Crippen LogP contribution in [0.3, 0.4) is 0 Å². The Labute approximate surface area is 147 Å². The molecule has 0 bridgehead atoms. The Morgan fingerprint density at radius 3 is 2.76 bits per heavy atom. The van der Waals surface area contributed by atoms with Gasteiger partial charge in [-0.15, -0.1) is 0 Å². The number of aromatic nitrogens is 1. The van der Waals surface area contributed by atoms with Crippen molar-refractivity contribution in [3.05, 3.63) is 47.5 Å². The highest BCUT2D eigenvalue weighted by Gasteiger charge is 2.12. The number of nitrogens with zero attached hydrogens (tertiary/aromatic N) is 3. The SMILES string of the molecule is N#Cc1nc(/C=C/c2ccccc2)oc1NCCCN1CCOCC1. The van der Waals surface area contributed by atoms with Crippen molar-refractivity contribution in [1.29, 1.82) is 5.26 Å². The molecule has 1 saturated heterocycles. The molecule has 1 N–H and O–H groups in total. The molecule has 1 aromatic heterocycles. The topological polar surface area (TPSA) is 74.3 Å². The van der Waals surface area contributed by atoms with Crippen molar-refractivity contribution < 1.29 is 9.15 Å². The van der Waals surface area contributed by atoms with Crippen molar-refractivity contribution >= 4 is 18.0 Å². The third-order valence-electron chi connectivity index (χ3n) is 4.01. The molecular weight excluding hydrogens is 316 g/mol. The highest BCUT2D eigenvalue weighted by Crippen LogP contribution is 2.18. The van der Waals surface area contributed by atoms with Crippen LogP contribution in [0.2, 0.25) is 0 Å². The van der Waals surface area contributed by atoms with Crippen molar-refractivity contribution in [2.75, 3.05) is 44.7 Å². The van der Waals surface area contributed by atoms with Crippen LogP contribution >= 0.6 is 0 Å². The summed E-state index contributed by atoms with van der Waals surface area (Å²) >= 11 is 0. The first-order chi connectivity index (χ1) is 12.3. The second-order valence-corrected chi connectivity index (χ2v) is 5.82. The number of hydrogen-bond acceptors (Lipinski definition) is 6. The predicted molar refractivity (Wildman–Crippen MR) is 97.0 cm³/mol. The Hall–Kier alpha value is -2.62. The van der Waals surface area contributed by atoms with Crippen molar-refractivity contribution in [1.82, 2.24) is 9.88 Å². The van der Waals surface area contributed by atoms with Crippen LogP contribution in [-0.2, 0) is 4.74 Å². The van der Waals surface area contributed by atoms with Gasteiger partial charge >= 0.3 is 0 Å². The van der Waals surface area contributed by atoms with Gasteiger partial charge in [0, 0.05) is 25.7 Å². The molecule has 0 atom stereocenters. The molecule has 0 unspecified atom stereocenters. The summed E-state index contributed by atoms with van der Waals surface area (Å²) in [5, 5.41) is 12.4. The van der Waals surface area contributed by atoms with Crippen LogP contribution in [-0.4, -0.2) is 49.3 Å². The van der Waals surface area contributed by atoms with Crippen LogP contribution < -0.4 is 5.32 Å². The molecule has 1 fully saturated rings. The molecular formula is C19H22N4O2. The minimum atomic E-state index is 0.291. The fourth-order valence-electron chi connectivity index (χ4n) is 2.66. The monoisotopic (exact) mass is 338 g/mol. The van der Waals surface area contributed by atoms with Gasteiger partial charge in [-0.1, -0.05) is 30.3 Å². The zero-order chi connectivity index (χ0) is 17.3. The fraction of sp³-hybridized carbons (Fsp3) is 0.368. The van der Waals surface area contributed by atoms with Crippen LogP contribution in [0.5, 0.6) is 0 Å². The van der Waals surface area contributed by atoms with E-state index in [4.69, 9.17) is 9.15 Å². The summed E-state index contributed by atoms with van der Waals surface area (Å²) < 4.78 is 11.0. The number of anilines is 1. The summed E-state index contributed by atoms with van der Waals surface area (Å²) in [4.78, 5) is 6.59. The van der Waals surface area contributed by atoms with Crippen LogP contribution in [0.1, 0.15) is 23.6 Å². The summed E-state index contributed by atoms with van der Waals surface area (Å²) in [6.45, 7) is 5.34. The molecule has 0 amide bonds. The van der Waals surface area contributed by atoms with Crippen molar-refractivity contribution in [2.45, 2.75) is 6.42 Å². The Morgan fingerprint density at radius 1 is 1.20 bits per heavy atom. The van der Waals surface area contributed by atoms with E-state index in [2.05, 4.69) is 21.3 Å². The van der Waals surface area contributed by atoms with E-state index in [-0.39, 0.29) is 0 Å². The van der Waals surface area contributed by atoms with Gasteiger partial charge in [0.2, 0.25) is 17.5 Å². The molecule has 2 heterocycles. The normalized spacial score (nSPS) is 15.3. The zero-order valence-electron chi connectivity index (χ0n) is 14.1. The Bertz CT molecular complexity index is 728. The minimum absolute atomic E-state index is 0.291. The van der Waals surface area contributed by atoms with Gasteiger partial charge in [0.05, 0.1) is 13.2 Å². The van der Waals surface area contributed by atoms with Crippen LogP contribution in [0, 0.1) is 11.3 Å². The Morgan fingerprint density at radius 2 is 2.00 bits per heavy atom. The molecule has 130 valence electrons. The summed E-state index contributed by atoms with van der Waals surface area (Å²) in [5.41, 5.74) is 1.35. The smallest absolute Gasteiger partial charge is 0.232 e.